The molecule has 2 amide bonds. The van der Waals surface area contributed by atoms with Crippen LogP contribution in [0.1, 0.15) is 0 Å². The summed E-state index contributed by atoms with van der Waals surface area (Å²) in [4.78, 5) is 36.1. The van der Waals surface area contributed by atoms with E-state index in [0.717, 1.165) is 11.1 Å². The van der Waals surface area contributed by atoms with Crippen LogP contribution in [0.4, 0.5) is 0 Å². The summed E-state index contributed by atoms with van der Waals surface area (Å²) in [5.41, 5.74) is 1.82. The number of esters is 1. The second-order valence-electron chi connectivity index (χ2n) is 5.73. The summed E-state index contributed by atoms with van der Waals surface area (Å²) >= 11 is 0. The number of rotatable bonds is 8. The van der Waals surface area contributed by atoms with Gasteiger partial charge in [-0.1, -0.05) is 48.5 Å². The molecule has 0 fully saturated rings. The number of carbonyl (C=O) groups excluding carboxylic acids is 3. The van der Waals surface area contributed by atoms with Crippen molar-refractivity contribution in [1.29, 1.82) is 0 Å². The monoisotopic (exact) mass is 370 g/mol. The molecule has 142 valence electrons. The van der Waals surface area contributed by atoms with E-state index in [-0.39, 0.29) is 19.1 Å². The van der Waals surface area contributed by atoms with Crippen LogP contribution in [0.25, 0.3) is 11.1 Å². The second-order valence-corrected chi connectivity index (χ2v) is 5.73. The fourth-order valence-electron chi connectivity index (χ4n) is 2.26. The minimum Gasteiger partial charge on any atom is -0.481 e. The molecule has 0 unspecified atom stereocenters. The van der Waals surface area contributed by atoms with Crippen LogP contribution in [0.2, 0.25) is 0 Å². The Hall–Kier alpha value is -3.35. The predicted octanol–water partition coefficient (Wildman–Crippen LogP) is 1.48. The normalized spacial score (nSPS) is 10.0. The Kier molecular flexibility index (Phi) is 7.37. The van der Waals surface area contributed by atoms with Gasteiger partial charge in [-0.05, 0) is 11.6 Å². The molecule has 27 heavy (non-hydrogen) atoms. The summed E-state index contributed by atoms with van der Waals surface area (Å²) in [5, 5.41) is 2.41. The zero-order valence-electron chi connectivity index (χ0n) is 15.3. The Balaban J connectivity index is 1.86. The van der Waals surface area contributed by atoms with Crippen molar-refractivity contribution in [3.63, 3.8) is 0 Å². The van der Waals surface area contributed by atoms with Gasteiger partial charge in [0.1, 0.15) is 5.75 Å². The summed E-state index contributed by atoms with van der Waals surface area (Å²) in [7, 11) is 2.93. The Labute approximate surface area is 157 Å². The van der Waals surface area contributed by atoms with Crippen LogP contribution in [0.5, 0.6) is 5.75 Å². The number of para-hydroxylation sites is 1. The van der Waals surface area contributed by atoms with Crippen molar-refractivity contribution >= 4 is 17.8 Å². The average Bonchev–Trinajstić information content (AvgIpc) is 2.71. The van der Waals surface area contributed by atoms with Gasteiger partial charge >= 0.3 is 5.97 Å². The second kappa shape index (κ2) is 9.96. The van der Waals surface area contributed by atoms with Crippen molar-refractivity contribution < 1.29 is 23.9 Å². The van der Waals surface area contributed by atoms with Crippen LogP contribution in [0, 0.1) is 0 Å². The lowest BCUT2D eigenvalue weighted by atomic mass is 10.1. The first-order chi connectivity index (χ1) is 13.0. The largest absolute Gasteiger partial charge is 0.481 e. The van der Waals surface area contributed by atoms with E-state index in [1.54, 1.807) is 6.07 Å². The lowest BCUT2D eigenvalue weighted by Gasteiger charge is -2.16. The Morgan fingerprint density at radius 3 is 2.33 bits per heavy atom. The number of hydrogen-bond donors (Lipinski definition) is 1. The highest BCUT2D eigenvalue weighted by molar-refractivity contribution is 5.86. The van der Waals surface area contributed by atoms with E-state index in [1.165, 1.54) is 19.0 Å². The molecule has 2 aromatic rings. The van der Waals surface area contributed by atoms with E-state index >= 15 is 0 Å². The number of nitrogens with one attached hydrogen (secondary N) is 1. The molecule has 2 aromatic carbocycles. The number of ether oxygens (including phenoxy) is 2. The summed E-state index contributed by atoms with van der Waals surface area (Å²) in [6, 6.07) is 17.0. The SMILES string of the molecule is CNC(=O)CN(C)C(=O)COC(=O)COc1ccccc1-c1ccccc1. The van der Waals surface area contributed by atoms with E-state index in [1.807, 2.05) is 48.5 Å². The maximum Gasteiger partial charge on any atom is 0.344 e. The molecule has 0 aliphatic heterocycles. The third-order valence-electron chi connectivity index (χ3n) is 3.76. The Morgan fingerprint density at radius 2 is 1.63 bits per heavy atom. The molecular weight excluding hydrogens is 348 g/mol. The third kappa shape index (κ3) is 6.14. The van der Waals surface area contributed by atoms with Crippen LogP contribution >= 0.6 is 0 Å². The van der Waals surface area contributed by atoms with Gasteiger partial charge in [0, 0.05) is 19.7 Å². The molecule has 0 bridgehead atoms. The van der Waals surface area contributed by atoms with Crippen LogP contribution in [-0.2, 0) is 19.1 Å². The van der Waals surface area contributed by atoms with E-state index in [9.17, 15) is 14.4 Å². The van der Waals surface area contributed by atoms with Gasteiger partial charge in [-0.3, -0.25) is 9.59 Å². The minimum atomic E-state index is -0.667. The van der Waals surface area contributed by atoms with Gasteiger partial charge in [0.2, 0.25) is 5.91 Å². The molecule has 0 radical (unpaired) electrons. The molecule has 0 spiro atoms. The van der Waals surface area contributed by atoms with Crippen molar-refractivity contribution in [3.05, 3.63) is 54.6 Å². The third-order valence-corrected chi connectivity index (χ3v) is 3.76. The number of amides is 2. The van der Waals surface area contributed by atoms with E-state index in [0.29, 0.717) is 5.75 Å². The molecule has 0 saturated carbocycles. The van der Waals surface area contributed by atoms with E-state index in [4.69, 9.17) is 9.47 Å². The standard InChI is InChI=1S/C20H22N2O5/c1-21-18(23)12-22(2)19(24)13-27-20(25)14-26-17-11-7-6-10-16(17)15-8-4-3-5-9-15/h3-11H,12-14H2,1-2H3,(H,21,23). The van der Waals surface area contributed by atoms with E-state index < -0.39 is 18.5 Å². The van der Waals surface area contributed by atoms with Crippen LogP contribution in [0.3, 0.4) is 0 Å². The summed E-state index contributed by atoms with van der Waals surface area (Å²) in [6.45, 7) is -0.875. The Morgan fingerprint density at radius 1 is 0.963 bits per heavy atom. The molecule has 7 nitrogen and oxygen atoms in total. The first kappa shape index (κ1) is 20.0. The average molecular weight is 370 g/mol. The first-order valence-corrected chi connectivity index (χ1v) is 8.38. The van der Waals surface area contributed by atoms with Gasteiger partial charge in [0.05, 0.1) is 6.54 Å². The highest BCUT2D eigenvalue weighted by Crippen LogP contribution is 2.29. The topological polar surface area (TPSA) is 84.9 Å². The van der Waals surface area contributed by atoms with Crippen molar-refractivity contribution in [2.24, 2.45) is 0 Å². The van der Waals surface area contributed by atoms with Crippen LogP contribution in [0.15, 0.2) is 54.6 Å². The van der Waals surface area contributed by atoms with Crippen molar-refractivity contribution in [2.75, 3.05) is 33.9 Å². The van der Waals surface area contributed by atoms with Crippen molar-refractivity contribution in [3.8, 4) is 16.9 Å². The summed E-state index contributed by atoms with van der Waals surface area (Å²) in [6.07, 6.45) is 0. The van der Waals surface area contributed by atoms with Gasteiger partial charge in [0.15, 0.2) is 13.2 Å². The molecule has 0 aliphatic carbocycles. The lowest BCUT2D eigenvalue weighted by molar-refractivity contribution is -0.153. The zero-order chi connectivity index (χ0) is 19.6. The summed E-state index contributed by atoms with van der Waals surface area (Å²) in [5.74, 6) is -0.905. The lowest BCUT2D eigenvalue weighted by Crippen LogP contribution is -2.39. The fraction of sp³-hybridized carbons (Fsp3) is 0.250. The van der Waals surface area contributed by atoms with Crippen molar-refractivity contribution in [2.45, 2.75) is 0 Å². The molecular formula is C20H22N2O5. The number of hydrogen-bond acceptors (Lipinski definition) is 5. The smallest absolute Gasteiger partial charge is 0.344 e. The van der Waals surface area contributed by atoms with Crippen LogP contribution in [-0.4, -0.2) is 56.5 Å². The van der Waals surface area contributed by atoms with Crippen molar-refractivity contribution in [1.82, 2.24) is 10.2 Å². The molecule has 0 atom stereocenters. The summed E-state index contributed by atoms with van der Waals surface area (Å²) < 4.78 is 10.5. The maximum absolute atomic E-state index is 11.9. The first-order valence-electron chi connectivity index (χ1n) is 8.38. The molecule has 0 heterocycles. The maximum atomic E-state index is 11.9. The van der Waals surface area contributed by atoms with E-state index in [2.05, 4.69) is 5.32 Å². The van der Waals surface area contributed by atoms with Gasteiger partial charge in [0.25, 0.3) is 5.91 Å². The van der Waals surface area contributed by atoms with Gasteiger partial charge in [-0.25, -0.2) is 4.79 Å². The molecule has 7 heteroatoms. The fourth-order valence-corrected chi connectivity index (χ4v) is 2.26. The molecule has 0 aromatic heterocycles. The molecule has 1 N–H and O–H groups in total. The quantitative estimate of drug-likeness (QED) is 0.712. The molecule has 0 aliphatic rings. The number of nitrogens with zero attached hydrogens (tertiary/aromatic N) is 1. The van der Waals surface area contributed by atoms with Gasteiger partial charge in [-0.2, -0.15) is 0 Å². The predicted molar refractivity (Wildman–Crippen MR) is 100 cm³/mol. The van der Waals surface area contributed by atoms with Crippen LogP contribution < -0.4 is 10.1 Å². The number of benzene rings is 2. The highest BCUT2D eigenvalue weighted by Gasteiger charge is 2.15. The van der Waals surface area contributed by atoms with Gasteiger partial charge in [-0.15, -0.1) is 0 Å². The zero-order valence-corrected chi connectivity index (χ0v) is 15.3. The molecule has 0 saturated heterocycles. The minimum absolute atomic E-state index is 0.103. The highest BCUT2D eigenvalue weighted by atomic mass is 16.6. The molecule has 2 rings (SSSR count). The number of carbonyl (C=O) groups is 3. The number of likely N-dealkylation sites (N-methyl/N-ethyl adjacent to an activating group) is 2. The van der Waals surface area contributed by atoms with Gasteiger partial charge < -0.3 is 19.7 Å². The Bertz CT molecular complexity index is 792.